The Balaban J connectivity index is 2.41. The topological polar surface area (TPSA) is 61.4 Å². The third-order valence-electron chi connectivity index (χ3n) is 4.99. The molecule has 0 heterocycles. The number of ether oxygens (including phenoxy) is 2. The molecule has 0 aliphatic carbocycles. The number of rotatable bonds is 14. The lowest BCUT2D eigenvalue weighted by Crippen LogP contribution is -2.45. The average Bonchev–Trinajstić information content (AvgIpc) is 2.71. The standard InChI is InChI=1S/C23H43N5O2/c1-19(2)28(20(3)4)12-11-25-23(24-5)26-18-21-9-8-10-22(17-21)30-16-14-27(6)13-15-29-7/h8-10,17,19-20H,11-16,18H2,1-7H3,(H2,24,25,26). The molecule has 1 rings (SSSR count). The van der Waals surface area contributed by atoms with Gasteiger partial charge in [-0.15, -0.1) is 0 Å². The van der Waals surface area contributed by atoms with E-state index in [1.807, 2.05) is 12.1 Å². The highest BCUT2D eigenvalue weighted by atomic mass is 16.5. The van der Waals surface area contributed by atoms with Gasteiger partial charge in [0.15, 0.2) is 5.96 Å². The summed E-state index contributed by atoms with van der Waals surface area (Å²) in [5.41, 5.74) is 1.16. The fourth-order valence-corrected chi connectivity index (χ4v) is 3.25. The van der Waals surface area contributed by atoms with Gasteiger partial charge in [0.05, 0.1) is 6.61 Å². The molecule has 0 radical (unpaired) electrons. The maximum absolute atomic E-state index is 5.90. The van der Waals surface area contributed by atoms with Crippen LogP contribution in [0.1, 0.15) is 33.3 Å². The summed E-state index contributed by atoms with van der Waals surface area (Å²) in [7, 11) is 5.60. The van der Waals surface area contributed by atoms with Crippen LogP contribution in [0.15, 0.2) is 29.3 Å². The van der Waals surface area contributed by atoms with Gasteiger partial charge in [0.2, 0.25) is 0 Å². The minimum absolute atomic E-state index is 0.532. The van der Waals surface area contributed by atoms with E-state index in [0.717, 1.165) is 50.1 Å². The fourth-order valence-electron chi connectivity index (χ4n) is 3.25. The molecule has 1 aromatic rings. The lowest BCUT2D eigenvalue weighted by atomic mass is 10.2. The number of nitrogens with one attached hydrogen (secondary N) is 2. The third-order valence-corrected chi connectivity index (χ3v) is 4.99. The highest BCUT2D eigenvalue weighted by molar-refractivity contribution is 5.79. The molecule has 0 amide bonds. The van der Waals surface area contributed by atoms with Crippen molar-refractivity contribution < 1.29 is 9.47 Å². The molecule has 0 aliphatic heterocycles. The Morgan fingerprint density at radius 3 is 2.37 bits per heavy atom. The first-order valence-corrected chi connectivity index (χ1v) is 11.0. The number of likely N-dealkylation sites (N-methyl/N-ethyl adjacent to an activating group) is 1. The molecule has 0 fully saturated rings. The molecule has 7 heteroatoms. The molecule has 7 nitrogen and oxygen atoms in total. The number of guanidine groups is 1. The van der Waals surface area contributed by atoms with Crippen LogP contribution in [0, 0.1) is 0 Å². The molecular weight excluding hydrogens is 378 g/mol. The van der Waals surface area contributed by atoms with Gasteiger partial charge in [0.25, 0.3) is 0 Å². The van der Waals surface area contributed by atoms with E-state index in [1.165, 1.54) is 0 Å². The SMILES string of the molecule is CN=C(NCCN(C(C)C)C(C)C)NCc1cccc(OCCN(C)CCOC)c1. The number of nitrogens with zero attached hydrogens (tertiary/aromatic N) is 3. The van der Waals surface area contributed by atoms with Crippen LogP contribution in [0.4, 0.5) is 0 Å². The zero-order valence-corrected chi connectivity index (χ0v) is 20.1. The maximum atomic E-state index is 5.90. The number of benzene rings is 1. The van der Waals surface area contributed by atoms with Crippen molar-refractivity contribution in [2.24, 2.45) is 4.99 Å². The van der Waals surface area contributed by atoms with Crippen molar-refractivity contribution in [1.29, 1.82) is 0 Å². The van der Waals surface area contributed by atoms with Crippen molar-refractivity contribution in [1.82, 2.24) is 20.4 Å². The highest BCUT2D eigenvalue weighted by Gasteiger charge is 2.12. The smallest absolute Gasteiger partial charge is 0.191 e. The first-order valence-electron chi connectivity index (χ1n) is 11.0. The summed E-state index contributed by atoms with van der Waals surface area (Å²) in [6, 6.07) is 9.26. The largest absolute Gasteiger partial charge is 0.492 e. The first kappa shape index (κ1) is 26.2. The molecule has 2 N–H and O–H groups in total. The van der Waals surface area contributed by atoms with Crippen molar-refractivity contribution in [3.63, 3.8) is 0 Å². The van der Waals surface area contributed by atoms with Crippen LogP contribution in [0.2, 0.25) is 0 Å². The van der Waals surface area contributed by atoms with Gasteiger partial charge in [0, 0.05) is 59.0 Å². The van der Waals surface area contributed by atoms with Gasteiger partial charge < -0.3 is 25.0 Å². The zero-order chi connectivity index (χ0) is 22.4. The van der Waals surface area contributed by atoms with Crippen LogP contribution in [-0.2, 0) is 11.3 Å². The lowest BCUT2D eigenvalue weighted by molar-refractivity contribution is 0.150. The monoisotopic (exact) mass is 421 g/mol. The van der Waals surface area contributed by atoms with Crippen LogP contribution < -0.4 is 15.4 Å². The van der Waals surface area contributed by atoms with Gasteiger partial charge >= 0.3 is 0 Å². The third kappa shape index (κ3) is 10.8. The van der Waals surface area contributed by atoms with Crippen molar-refractivity contribution in [2.45, 2.75) is 46.3 Å². The molecule has 0 bridgehead atoms. The Labute approximate surface area is 183 Å². The van der Waals surface area contributed by atoms with Crippen LogP contribution >= 0.6 is 0 Å². The Bertz CT molecular complexity index is 599. The van der Waals surface area contributed by atoms with Gasteiger partial charge in [-0.05, 0) is 52.4 Å². The van der Waals surface area contributed by atoms with Crippen molar-refractivity contribution in [3.05, 3.63) is 29.8 Å². The minimum Gasteiger partial charge on any atom is -0.492 e. The molecule has 1 aromatic carbocycles. The zero-order valence-electron chi connectivity index (χ0n) is 20.1. The second-order valence-electron chi connectivity index (χ2n) is 8.07. The number of aliphatic imine (C=N–C) groups is 1. The normalized spacial score (nSPS) is 12.3. The average molecular weight is 422 g/mol. The van der Waals surface area contributed by atoms with E-state index in [0.29, 0.717) is 25.2 Å². The summed E-state index contributed by atoms with van der Waals surface area (Å²) in [4.78, 5) is 9.00. The molecule has 0 aliphatic rings. The van der Waals surface area contributed by atoms with E-state index in [9.17, 15) is 0 Å². The predicted molar refractivity (Wildman–Crippen MR) is 126 cm³/mol. The molecule has 0 atom stereocenters. The van der Waals surface area contributed by atoms with E-state index in [2.05, 4.69) is 72.3 Å². The molecular formula is C23H43N5O2. The first-order chi connectivity index (χ1) is 14.4. The van der Waals surface area contributed by atoms with Crippen LogP contribution in [0.5, 0.6) is 5.75 Å². The summed E-state index contributed by atoms with van der Waals surface area (Å²) in [5, 5.41) is 6.79. The van der Waals surface area contributed by atoms with Crippen LogP contribution in [0.3, 0.4) is 0 Å². The summed E-state index contributed by atoms with van der Waals surface area (Å²) in [6.07, 6.45) is 0. The quantitative estimate of drug-likeness (QED) is 0.355. The van der Waals surface area contributed by atoms with Crippen LogP contribution in [-0.4, -0.2) is 88.4 Å². The lowest BCUT2D eigenvalue weighted by Gasteiger charge is -2.30. The van der Waals surface area contributed by atoms with Gasteiger partial charge in [-0.25, -0.2) is 0 Å². The minimum atomic E-state index is 0.532. The second-order valence-corrected chi connectivity index (χ2v) is 8.07. The van der Waals surface area contributed by atoms with Crippen molar-refractivity contribution in [2.75, 3.05) is 60.6 Å². The Kier molecular flexibility index (Phi) is 13.1. The summed E-state index contributed by atoms with van der Waals surface area (Å²) in [6.45, 7) is 14.6. The van der Waals surface area contributed by atoms with Crippen LogP contribution in [0.25, 0.3) is 0 Å². The van der Waals surface area contributed by atoms with E-state index in [4.69, 9.17) is 9.47 Å². The summed E-state index contributed by atoms with van der Waals surface area (Å²) in [5.74, 6) is 1.70. The molecule has 30 heavy (non-hydrogen) atoms. The van der Waals surface area contributed by atoms with E-state index in [-0.39, 0.29) is 0 Å². The second kappa shape index (κ2) is 15.0. The van der Waals surface area contributed by atoms with Crippen molar-refractivity contribution in [3.8, 4) is 5.75 Å². The molecule has 0 aromatic heterocycles. The number of hydrogen-bond acceptors (Lipinski definition) is 5. The summed E-state index contributed by atoms with van der Waals surface area (Å²) >= 11 is 0. The van der Waals surface area contributed by atoms with E-state index in [1.54, 1.807) is 14.2 Å². The Morgan fingerprint density at radius 2 is 1.73 bits per heavy atom. The number of methoxy groups -OCH3 is 1. The molecule has 0 saturated heterocycles. The Morgan fingerprint density at radius 1 is 1.03 bits per heavy atom. The van der Waals surface area contributed by atoms with Gasteiger partial charge in [-0.2, -0.15) is 0 Å². The summed E-state index contributed by atoms with van der Waals surface area (Å²) < 4.78 is 11.0. The van der Waals surface area contributed by atoms with Gasteiger partial charge in [-0.3, -0.25) is 9.89 Å². The molecule has 0 saturated carbocycles. The molecule has 0 unspecified atom stereocenters. The van der Waals surface area contributed by atoms with E-state index >= 15 is 0 Å². The van der Waals surface area contributed by atoms with Gasteiger partial charge in [-0.1, -0.05) is 12.1 Å². The Hall–Kier alpha value is -1.83. The maximum Gasteiger partial charge on any atom is 0.191 e. The predicted octanol–water partition coefficient (Wildman–Crippen LogP) is 2.43. The van der Waals surface area contributed by atoms with Crippen molar-refractivity contribution >= 4 is 5.96 Å². The fraction of sp³-hybridized carbons (Fsp3) is 0.696. The molecule has 0 spiro atoms. The van der Waals surface area contributed by atoms with E-state index < -0.39 is 0 Å². The number of hydrogen-bond donors (Lipinski definition) is 2. The molecule has 172 valence electrons. The highest BCUT2D eigenvalue weighted by Crippen LogP contribution is 2.13. The van der Waals surface area contributed by atoms with Gasteiger partial charge in [0.1, 0.15) is 12.4 Å².